The summed E-state index contributed by atoms with van der Waals surface area (Å²) >= 11 is 0. The summed E-state index contributed by atoms with van der Waals surface area (Å²) in [4.78, 5) is 12.4. The molecule has 0 aliphatic heterocycles. The zero-order valence-corrected chi connectivity index (χ0v) is 14.0. The number of hydrogen-bond donors (Lipinski definition) is 1. The molecule has 0 aromatic heterocycles. The van der Waals surface area contributed by atoms with E-state index in [9.17, 15) is 4.79 Å². The summed E-state index contributed by atoms with van der Waals surface area (Å²) in [5.41, 5.74) is 3.67. The van der Waals surface area contributed by atoms with E-state index < -0.39 is 0 Å². The Morgan fingerprint density at radius 1 is 1.35 bits per heavy atom. The van der Waals surface area contributed by atoms with Crippen molar-refractivity contribution >= 4 is 12.1 Å². The van der Waals surface area contributed by atoms with Gasteiger partial charge in [0.1, 0.15) is 11.5 Å². The molecular formula is C18H24N2O3. The monoisotopic (exact) mass is 316 g/mol. The molecule has 1 N–H and O–H groups in total. The third kappa shape index (κ3) is 2.92. The van der Waals surface area contributed by atoms with Gasteiger partial charge in [0.05, 0.1) is 20.4 Å². The Morgan fingerprint density at radius 2 is 2.17 bits per heavy atom. The zero-order chi connectivity index (χ0) is 16.4. The summed E-state index contributed by atoms with van der Waals surface area (Å²) < 4.78 is 10.5. The lowest BCUT2D eigenvalue weighted by Crippen LogP contribution is -2.22. The first-order valence-corrected chi connectivity index (χ1v) is 8.15. The largest absolute Gasteiger partial charge is 0.497 e. The molecule has 0 bridgehead atoms. The van der Waals surface area contributed by atoms with E-state index in [1.165, 1.54) is 19.3 Å². The molecule has 0 radical (unpaired) electrons. The second-order valence-corrected chi connectivity index (χ2v) is 6.68. The number of nitrogens with one attached hydrogen (secondary N) is 1. The summed E-state index contributed by atoms with van der Waals surface area (Å²) in [6.07, 6.45) is 6.41. The van der Waals surface area contributed by atoms with Crippen molar-refractivity contribution in [3.63, 3.8) is 0 Å². The van der Waals surface area contributed by atoms with Crippen LogP contribution in [0.25, 0.3) is 0 Å². The summed E-state index contributed by atoms with van der Waals surface area (Å²) in [6, 6.07) is 5.47. The molecule has 3 atom stereocenters. The number of benzene rings is 1. The third-order valence-electron chi connectivity index (χ3n) is 5.43. The molecule has 0 heterocycles. The van der Waals surface area contributed by atoms with E-state index >= 15 is 0 Å². The van der Waals surface area contributed by atoms with Crippen molar-refractivity contribution in [3.8, 4) is 11.5 Å². The quantitative estimate of drug-likeness (QED) is 0.671. The highest BCUT2D eigenvalue weighted by Gasteiger charge is 2.64. The van der Waals surface area contributed by atoms with Crippen LogP contribution in [0.15, 0.2) is 23.3 Å². The van der Waals surface area contributed by atoms with Gasteiger partial charge < -0.3 is 9.47 Å². The van der Waals surface area contributed by atoms with Crippen LogP contribution in [0, 0.1) is 17.3 Å². The van der Waals surface area contributed by atoms with Crippen molar-refractivity contribution < 1.29 is 14.3 Å². The average molecular weight is 316 g/mol. The second kappa shape index (κ2) is 6.22. The van der Waals surface area contributed by atoms with Crippen LogP contribution in [0.2, 0.25) is 0 Å². The van der Waals surface area contributed by atoms with Crippen molar-refractivity contribution in [2.24, 2.45) is 22.4 Å². The predicted octanol–water partition coefficient (Wildman–Crippen LogP) is 2.98. The minimum absolute atomic E-state index is 0.0394. The first kappa shape index (κ1) is 15.8. The molecule has 2 saturated carbocycles. The number of nitrogens with zero attached hydrogens (tertiary/aromatic N) is 1. The van der Waals surface area contributed by atoms with E-state index in [0.29, 0.717) is 11.7 Å². The molecular weight excluding hydrogens is 292 g/mol. The molecule has 0 spiro atoms. The predicted molar refractivity (Wildman–Crippen MR) is 88.8 cm³/mol. The lowest BCUT2D eigenvalue weighted by Gasteiger charge is -2.15. The fourth-order valence-electron chi connectivity index (χ4n) is 4.03. The normalized spacial score (nSPS) is 29.0. The van der Waals surface area contributed by atoms with Crippen molar-refractivity contribution in [3.05, 3.63) is 23.8 Å². The molecule has 3 rings (SSSR count). The van der Waals surface area contributed by atoms with E-state index in [1.807, 2.05) is 18.2 Å². The van der Waals surface area contributed by atoms with Gasteiger partial charge in [0.15, 0.2) is 0 Å². The highest BCUT2D eigenvalue weighted by molar-refractivity contribution is 5.87. The van der Waals surface area contributed by atoms with Gasteiger partial charge in [-0.1, -0.05) is 19.8 Å². The molecule has 0 saturated heterocycles. The van der Waals surface area contributed by atoms with Gasteiger partial charge in [-0.05, 0) is 42.4 Å². The third-order valence-corrected chi connectivity index (χ3v) is 5.43. The molecule has 5 heteroatoms. The molecule has 5 nitrogen and oxygen atoms in total. The number of amides is 1. The minimum Gasteiger partial charge on any atom is -0.497 e. The number of hydrazone groups is 1. The number of ether oxygens (including phenoxy) is 2. The smallest absolute Gasteiger partial charge is 0.244 e. The molecule has 1 aromatic carbocycles. The van der Waals surface area contributed by atoms with Gasteiger partial charge in [0.25, 0.3) is 0 Å². The van der Waals surface area contributed by atoms with E-state index in [4.69, 9.17) is 9.47 Å². The van der Waals surface area contributed by atoms with Crippen LogP contribution in [-0.2, 0) is 4.79 Å². The van der Waals surface area contributed by atoms with Gasteiger partial charge in [-0.3, -0.25) is 4.79 Å². The van der Waals surface area contributed by atoms with Gasteiger partial charge in [-0.25, -0.2) is 5.43 Å². The average Bonchev–Trinajstić information content (AvgIpc) is 3.20. The number of carbonyl (C=O) groups excluding carboxylic acids is 1. The highest BCUT2D eigenvalue weighted by atomic mass is 16.5. The highest BCUT2D eigenvalue weighted by Crippen LogP contribution is 2.66. The van der Waals surface area contributed by atoms with E-state index in [-0.39, 0.29) is 17.2 Å². The first-order valence-electron chi connectivity index (χ1n) is 8.15. The Morgan fingerprint density at radius 3 is 2.83 bits per heavy atom. The number of carbonyl (C=O) groups is 1. The standard InChI is InChI=1S/C18H24N2O3/c1-18-9-5-4-6-14(18)16(18)17(21)20-19-11-12-10-13(22-2)7-8-15(12)23-3/h7-8,10-11,14,16H,4-6,9H2,1-3H3,(H,20,21)/b19-11-/t14-,16-,18-/m1/s1. The topological polar surface area (TPSA) is 59.9 Å². The van der Waals surface area contributed by atoms with Crippen LogP contribution in [0.3, 0.4) is 0 Å². The van der Waals surface area contributed by atoms with Crippen molar-refractivity contribution in [1.82, 2.24) is 5.43 Å². The van der Waals surface area contributed by atoms with Gasteiger partial charge >= 0.3 is 0 Å². The Hall–Kier alpha value is -2.04. The van der Waals surface area contributed by atoms with E-state index in [0.717, 1.165) is 17.7 Å². The molecule has 1 aromatic rings. The molecule has 124 valence electrons. The molecule has 2 fully saturated rings. The molecule has 1 amide bonds. The fourth-order valence-corrected chi connectivity index (χ4v) is 4.03. The molecule has 0 unspecified atom stereocenters. The van der Waals surface area contributed by atoms with Crippen molar-refractivity contribution in [1.29, 1.82) is 0 Å². The van der Waals surface area contributed by atoms with Crippen LogP contribution in [0.1, 0.15) is 38.2 Å². The Balaban J connectivity index is 1.64. The summed E-state index contributed by atoms with van der Waals surface area (Å²) in [5.74, 6) is 2.11. The van der Waals surface area contributed by atoms with Gasteiger partial charge in [-0.2, -0.15) is 5.10 Å². The zero-order valence-electron chi connectivity index (χ0n) is 14.0. The Kier molecular flexibility index (Phi) is 4.28. The van der Waals surface area contributed by atoms with Crippen LogP contribution in [0.5, 0.6) is 11.5 Å². The van der Waals surface area contributed by atoms with Gasteiger partial charge in [0.2, 0.25) is 5.91 Å². The number of rotatable bonds is 5. The number of fused-ring (bicyclic) bond motifs is 1. The van der Waals surface area contributed by atoms with Crippen LogP contribution < -0.4 is 14.9 Å². The van der Waals surface area contributed by atoms with E-state index in [1.54, 1.807) is 20.4 Å². The molecule has 2 aliphatic rings. The maximum absolute atomic E-state index is 12.4. The van der Waals surface area contributed by atoms with Gasteiger partial charge in [0, 0.05) is 11.5 Å². The maximum Gasteiger partial charge on any atom is 0.244 e. The maximum atomic E-state index is 12.4. The molecule has 23 heavy (non-hydrogen) atoms. The lowest BCUT2D eigenvalue weighted by molar-refractivity contribution is -0.123. The summed E-state index contributed by atoms with van der Waals surface area (Å²) in [6.45, 7) is 2.23. The minimum atomic E-state index is 0.0394. The fraction of sp³-hybridized carbons (Fsp3) is 0.556. The van der Waals surface area contributed by atoms with E-state index in [2.05, 4.69) is 17.5 Å². The summed E-state index contributed by atoms with van der Waals surface area (Å²) in [7, 11) is 3.22. The second-order valence-electron chi connectivity index (χ2n) is 6.68. The summed E-state index contributed by atoms with van der Waals surface area (Å²) in [5, 5.41) is 4.12. The van der Waals surface area contributed by atoms with Crippen molar-refractivity contribution in [2.45, 2.75) is 32.6 Å². The lowest BCUT2D eigenvalue weighted by atomic mass is 9.90. The first-order chi connectivity index (χ1) is 11.1. The molecule has 2 aliphatic carbocycles. The Labute approximate surface area is 137 Å². The van der Waals surface area contributed by atoms with Crippen LogP contribution in [-0.4, -0.2) is 26.3 Å². The van der Waals surface area contributed by atoms with Crippen LogP contribution in [0.4, 0.5) is 0 Å². The van der Waals surface area contributed by atoms with Crippen molar-refractivity contribution in [2.75, 3.05) is 14.2 Å². The Bertz CT molecular complexity index is 629. The number of methoxy groups -OCH3 is 2. The number of hydrogen-bond acceptors (Lipinski definition) is 4. The van der Waals surface area contributed by atoms with Gasteiger partial charge in [-0.15, -0.1) is 0 Å². The van der Waals surface area contributed by atoms with Crippen LogP contribution >= 0.6 is 0 Å². The SMILES string of the molecule is COc1ccc(OC)c(/C=N\NC(=O)[C@H]2[C@H]3CCCC[C@]32C)c1.